The Morgan fingerprint density at radius 3 is 2.64 bits per heavy atom. The molecule has 2 heterocycles. The highest BCUT2D eigenvalue weighted by atomic mass is 16.5. The molecule has 0 aliphatic carbocycles. The fourth-order valence-corrected chi connectivity index (χ4v) is 2.44. The predicted molar refractivity (Wildman–Crippen MR) is 57.2 cm³/mol. The summed E-state index contributed by atoms with van der Waals surface area (Å²) in [6, 6.07) is 0.692. The lowest BCUT2D eigenvalue weighted by Crippen LogP contribution is -2.46. The van der Waals surface area contributed by atoms with Crippen LogP contribution in [0.25, 0.3) is 0 Å². The van der Waals surface area contributed by atoms with Crippen LogP contribution in [0.3, 0.4) is 0 Å². The lowest BCUT2D eigenvalue weighted by atomic mass is 9.80. The number of hydrogen-bond donors (Lipinski definition) is 1. The fraction of sp³-hybridized carbons (Fsp3) is 1.00. The van der Waals surface area contributed by atoms with Crippen molar-refractivity contribution in [2.75, 3.05) is 32.8 Å². The molecule has 0 aromatic rings. The Morgan fingerprint density at radius 2 is 2.14 bits per heavy atom. The number of piperidine rings is 1. The van der Waals surface area contributed by atoms with E-state index in [2.05, 4.69) is 11.8 Å². The van der Waals surface area contributed by atoms with E-state index in [0.717, 1.165) is 19.8 Å². The highest BCUT2D eigenvalue weighted by Gasteiger charge is 2.32. The van der Waals surface area contributed by atoms with Crippen molar-refractivity contribution in [2.45, 2.75) is 32.2 Å². The third-order valence-electron chi connectivity index (χ3n) is 3.92. The van der Waals surface area contributed by atoms with E-state index in [-0.39, 0.29) is 0 Å². The van der Waals surface area contributed by atoms with E-state index in [0.29, 0.717) is 11.5 Å². The van der Waals surface area contributed by atoms with Crippen LogP contribution in [0.2, 0.25) is 0 Å². The number of hydrogen-bond acceptors (Lipinski definition) is 3. The molecule has 2 saturated heterocycles. The molecule has 0 saturated carbocycles. The Labute approximate surface area is 86.6 Å². The van der Waals surface area contributed by atoms with E-state index in [1.165, 1.54) is 32.4 Å². The van der Waals surface area contributed by atoms with Crippen molar-refractivity contribution in [2.24, 2.45) is 11.1 Å². The van der Waals surface area contributed by atoms with Crippen LogP contribution >= 0.6 is 0 Å². The monoisotopic (exact) mass is 198 g/mol. The maximum Gasteiger partial charge on any atom is 0.0622 e. The largest absolute Gasteiger partial charge is 0.380 e. The zero-order valence-corrected chi connectivity index (χ0v) is 9.17. The Balaban J connectivity index is 1.83. The Hall–Kier alpha value is -0.120. The molecule has 0 bridgehead atoms. The van der Waals surface area contributed by atoms with Crippen molar-refractivity contribution < 1.29 is 4.74 Å². The molecule has 3 nitrogen and oxygen atoms in total. The lowest BCUT2D eigenvalue weighted by molar-refractivity contribution is 0.0779. The fourth-order valence-electron chi connectivity index (χ4n) is 2.44. The number of rotatable bonds is 2. The summed E-state index contributed by atoms with van der Waals surface area (Å²) < 4.78 is 5.42. The Kier molecular flexibility index (Phi) is 3.10. The molecule has 1 unspecified atom stereocenters. The van der Waals surface area contributed by atoms with E-state index in [1.54, 1.807) is 0 Å². The van der Waals surface area contributed by atoms with Crippen LogP contribution < -0.4 is 5.73 Å². The van der Waals surface area contributed by atoms with Crippen molar-refractivity contribution in [1.29, 1.82) is 0 Å². The summed E-state index contributed by atoms with van der Waals surface area (Å²) in [5, 5.41) is 0. The van der Waals surface area contributed by atoms with Crippen LogP contribution in [0.15, 0.2) is 0 Å². The van der Waals surface area contributed by atoms with Gasteiger partial charge in [0.15, 0.2) is 0 Å². The quantitative estimate of drug-likeness (QED) is 0.714. The number of ether oxygens (including phenoxy) is 1. The van der Waals surface area contributed by atoms with Gasteiger partial charge < -0.3 is 10.5 Å². The van der Waals surface area contributed by atoms with Crippen molar-refractivity contribution in [3.8, 4) is 0 Å². The molecule has 3 heteroatoms. The SMILES string of the molecule is CC1(CN)CCN(C2CCOC2)CC1. The van der Waals surface area contributed by atoms with Gasteiger partial charge in [-0.25, -0.2) is 0 Å². The Bertz CT molecular complexity index is 182. The van der Waals surface area contributed by atoms with Gasteiger partial charge >= 0.3 is 0 Å². The zero-order chi connectivity index (χ0) is 10.0. The molecule has 2 fully saturated rings. The van der Waals surface area contributed by atoms with Crippen LogP contribution in [-0.4, -0.2) is 43.8 Å². The normalized spacial score (nSPS) is 33.4. The van der Waals surface area contributed by atoms with Gasteiger partial charge in [0, 0.05) is 12.6 Å². The second-order valence-electron chi connectivity index (χ2n) is 5.07. The minimum atomic E-state index is 0.399. The van der Waals surface area contributed by atoms with Crippen LogP contribution in [0.4, 0.5) is 0 Å². The minimum absolute atomic E-state index is 0.399. The van der Waals surface area contributed by atoms with Crippen molar-refractivity contribution in [3.63, 3.8) is 0 Å². The average molecular weight is 198 g/mol. The first-order chi connectivity index (χ1) is 6.73. The third-order valence-corrected chi connectivity index (χ3v) is 3.92. The standard InChI is InChI=1S/C11H22N2O/c1-11(9-12)3-5-13(6-4-11)10-2-7-14-8-10/h10H,2-9,12H2,1H3. The predicted octanol–water partition coefficient (Wildman–Crippen LogP) is 0.836. The Morgan fingerprint density at radius 1 is 1.43 bits per heavy atom. The summed E-state index contributed by atoms with van der Waals surface area (Å²) in [5.74, 6) is 0. The maximum atomic E-state index is 5.79. The molecule has 82 valence electrons. The number of nitrogens with zero attached hydrogens (tertiary/aromatic N) is 1. The van der Waals surface area contributed by atoms with E-state index >= 15 is 0 Å². The molecule has 0 spiro atoms. The molecule has 2 rings (SSSR count). The number of nitrogens with two attached hydrogens (primary N) is 1. The number of likely N-dealkylation sites (tertiary alicyclic amines) is 1. The van der Waals surface area contributed by atoms with Gasteiger partial charge in [-0.1, -0.05) is 6.92 Å². The summed E-state index contributed by atoms with van der Waals surface area (Å²) in [7, 11) is 0. The second-order valence-corrected chi connectivity index (χ2v) is 5.07. The van der Waals surface area contributed by atoms with Gasteiger partial charge in [0.2, 0.25) is 0 Å². The second kappa shape index (κ2) is 4.17. The van der Waals surface area contributed by atoms with Gasteiger partial charge in [0.1, 0.15) is 0 Å². The van der Waals surface area contributed by atoms with E-state index in [4.69, 9.17) is 10.5 Å². The summed E-state index contributed by atoms with van der Waals surface area (Å²) in [6.45, 7) is 7.47. The van der Waals surface area contributed by atoms with Crippen LogP contribution in [-0.2, 0) is 4.74 Å². The molecule has 0 aromatic carbocycles. The van der Waals surface area contributed by atoms with Crippen LogP contribution in [0.5, 0.6) is 0 Å². The molecule has 2 N–H and O–H groups in total. The van der Waals surface area contributed by atoms with Crippen molar-refractivity contribution in [1.82, 2.24) is 4.90 Å². The molecule has 0 aromatic heterocycles. The van der Waals surface area contributed by atoms with Crippen molar-refractivity contribution >= 4 is 0 Å². The first-order valence-corrected chi connectivity index (χ1v) is 5.75. The van der Waals surface area contributed by atoms with Crippen LogP contribution in [0.1, 0.15) is 26.2 Å². The van der Waals surface area contributed by atoms with Gasteiger partial charge in [0.25, 0.3) is 0 Å². The smallest absolute Gasteiger partial charge is 0.0622 e. The summed E-state index contributed by atoms with van der Waals surface area (Å²) in [4.78, 5) is 2.59. The van der Waals surface area contributed by atoms with Gasteiger partial charge in [0.05, 0.1) is 6.61 Å². The molecule has 0 amide bonds. The minimum Gasteiger partial charge on any atom is -0.380 e. The summed E-state index contributed by atoms with van der Waals surface area (Å²) >= 11 is 0. The molecule has 0 radical (unpaired) electrons. The summed E-state index contributed by atoms with van der Waals surface area (Å²) in [5.41, 5.74) is 6.19. The topological polar surface area (TPSA) is 38.5 Å². The zero-order valence-electron chi connectivity index (χ0n) is 9.17. The third kappa shape index (κ3) is 2.10. The molecule has 1 atom stereocenters. The first kappa shape index (κ1) is 10.4. The first-order valence-electron chi connectivity index (χ1n) is 5.75. The van der Waals surface area contributed by atoms with Gasteiger partial charge in [-0.2, -0.15) is 0 Å². The van der Waals surface area contributed by atoms with Gasteiger partial charge in [-0.05, 0) is 44.3 Å². The maximum absolute atomic E-state index is 5.79. The highest BCUT2D eigenvalue weighted by Crippen LogP contribution is 2.31. The van der Waals surface area contributed by atoms with Crippen molar-refractivity contribution in [3.05, 3.63) is 0 Å². The van der Waals surface area contributed by atoms with Crippen LogP contribution in [0, 0.1) is 5.41 Å². The highest BCUT2D eigenvalue weighted by molar-refractivity contribution is 4.86. The molecule has 2 aliphatic heterocycles. The van der Waals surface area contributed by atoms with E-state index in [1.807, 2.05) is 0 Å². The molecular formula is C11H22N2O. The lowest BCUT2D eigenvalue weighted by Gasteiger charge is -2.40. The molecule has 14 heavy (non-hydrogen) atoms. The van der Waals surface area contributed by atoms with E-state index < -0.39 is 0 Å². The molecular weight excluding hydrogens is 176 g/mol. The van der Waals surface area contributed by atoms with Gasteiger partial charge in [-0.15, -0.1) is 0 Å². The van der Waals surface area contributed by atoms with E-state index in [9.17, 15) is 0 Å². The molecule has 2 aliphatic rings. The average Bonchev–Trinajstić information content (AvgIpc) is 2.72. The summed E-state index contributed by atoms with van der Waals surface area (Å²) in [6.07, 6.45) is 3.72. The van der Waals surface area contributed by atoms with Gasteiger partial charge in [-0.3, -0.25) is 4.90 Å².